The van der Waals surface area contributed by atoms with Gasteiger partial charge in [-0.15, -0.1) is 13.2 Å². The molecule has 0 radical (unpaired) electrons. The molecule has 15 heavy (non-hydrogen) atoms. The van der Waals surface area contributed by atoms with Crippen LogP contribution in [0.25, 0.3) is 0 Å². The van der Waals surface area contributed by atoms with Crippen molar-refractivity contribution in [3.05, 3.63) is 23.8 Å². The molecule has 0 atom stereocenters. The summed E-state index contributed by atoms with van der Waals surface area (Å²) in [5.74, 6) is -0.165. The Morgan fingerprint density at radius 3 is 2.47 bits per heavy atom. The Labute approximate surface area is 85.6 Å². The summed E-state index contributed by atoms with van der Waals surface area (Å²) in [5.41, 5.74) is 0.610. The molecule has 2 nitrogen and oxygen atoms in total. The standard InChI is InChI=1S/C10H11F3O2/c1-3-14-9-7(2)5-4-6-8(9)15-10(11,12)13/h4-6H,3H2,1-2H3. The van der Waals surface area contributed by atoms with Crippen LogP contribution in [-0.4, -0.2) is 13.0 Å². The van der Waals surface area contributed by atoms with E-state index in [-0.39, 0.29) is 11.5 Å². The minimum atomic E-state index is -4.69. The van der Waals surface area contributed by atoms with Crippen molar-refractivity contribution >= 4 is 0 Å². The molecule has 0 aromatic heterocycles. The first-order valence-electron chi connectivity index (χ1n) is 4.42. The van der Waals surface area contributed by atoms with Crippen molar-refractivity contribution in [3.63, 3.8) is 0 Å². The van der Waals surface area contributed by atoms with E-state index in [1.807, 2.05) is 0 Å². The van der Waals surface area contributed by atoms with Gasteiger partial charge in [0.25, 0.3) is 0 Å². The molecule has 0 unspecified atom stereocenters. The zero-order valence-electron chi connectivity index (χ0n) is 8.39. The van der Waals surface area contributed by atoms with Crippen LogP contribution < -0.4 is 9.47 Å². The number of ether oxygens (including phenoxy) is 2. The SMILES string of the molecule is CCOc1c(C)cccc1OC(F)(F)F. The summed E-state index contributed by atoms with van der Waals surface area (Å²) < 4.78 is 45.0. The summed E-state index contributed by atoms with van der Waals surface area (Å²) in [5, 5.41) is 0. The van der Waals surface area contributed by atoms with Crippen LogP contribution in [0.15, 0.2) is 18.2 Å². The van der Waals surface area contributed by atoms with E-state index in [2.05, 4.69) is 4.74 Å². The van der Waals surface area contributed by atoms with Gasteiger partial charge in [-0.25, -0.2) is 0 Å². The predicted octanol–water partition coefficient (Wildman–Crippen LogP) is 3.29. The number of aryl methyl sites for hydroxylation is 1. The lowest BCUT2D eigenvalue weighted by Gasteiger charge is -2.14. The van der Waals surface area contributed by atoms with Crippen molar-refractivity contribution in [2.45, 2.75) is 20.2 Å². The van der Waals surface area contributed by atoms with Crippen molar-refractivity contribution in [2.24, 2.45) is 0 Å². The first-order valence-corrected chi connectivity index (χ1v) is 4.42. The van der Waals surface area contributed by atoms with Crippen molar-refractivity contribution in [1.29, 1.82) is 0 Å². The summed E-state index contributed by atoms with van der Waals surface area (Å²) >= 11 is 0. The van der Waals surface area contributed by atoms with Gasteiger partial charge >= 0.3 is 6.36 Å². The highest BCUT2D eigenvalue weighted by Crippen LogP contribution is 2.34. The third-order valence-electron chi connectivity index (χ3n) is 1.69. The minimum Gasteiger partial charge on any atom is -0.490 e. The van der Waals surface area contributed by atoms with Crippen LogP contribution in [0.2, 0.25) is 0 Å². The van der Waals surface area contributed by atoms with Crippen LogP contribution in [0.5, 0.6) is 11.5 Å². The van der Waals surface area contributed by atoms with Gasteiger partial charge in [0.05, 0.1) is 6.61 Å². The van der Waals surface area contributed by atoms with Crippen LogP contribution in [-0.2, 0) is 0 Å². The number of hydrogen-bond donors (Lipinski definition) is 0. The van der Waals surface area contributed by atoms with E-state index in [1.54, 1.807) is 19.9 Å². The zero-order chi connectivity index (χ0) is 11.5. The van der Waals surface area contributed by atoms with Crippen molar-refractivity contribution in [2.75, 3.05) is 6.61 Å². The molecule has 0 aliphatic carbocycles. The maximum absolute atomic E-state index is 12.0. The largest absolute Gasteiger partial charge is 0.573 e. The van der Waals surface area contributed by atoms with Gasteiger partial charge in [0.15, 0.2) is 11.5 Å². The van der Waals surface area contributed by atoms with Crippen LogP contribution in [0, 0.1) is 6.92 Å². The third-order valence-corrected chi connectivity index (χ3v) is 1.69. The summed E-state index contributed by atoms with van der Waals surface area (Å²) in [6.45, 7) is 3.65. The fraction of sp³-hybridized carbons (Fsp3) is 0.400. The van der Waals surface area contributed by atoms with E-state index in [1.165, 1.54) is 12.1 Å². The zero-order valence-corrected chi connectivity index (χ0v) is 8.39. The Kier molecular flexibility index (Phi) is 3.44. The second-order valence-corrected chi connectivity index (χ2v) is 2.88. The number of halogens is 3. The lowest BCUT2D eigenvalue weighted by molar-refractivity contribution is -0.275. The van der Waals surface area contributed by atoms with Crippen LogP contribution in [0.3, 0.4) is 0 Å². The van der Waals surface area contributed by atoms with Gasteiger partial charge in [0.2, 0.25) is 0 Å². The van der Waals surface area contributed by atoms with Gasteiger partial charge in [0, 0.05) is 0 Å². The highest BCUT2D eigenvalue weighted by Gasteiger charge is 2.32. The number of hydrogen-bond acceptors (Lipinski definition) is 2. The summed E-state index contributed by atoms with van der Waals surface area (Å²) in [6, 6.07) is 4.37. The summed E-state index contributed by atoms with van der Waals surface area (Å²) in [6.07, 6.45) is -4.69. The number of alkyl halides is 3. The maximum atomic E-state index is 12.0. The van der Waals surface area contributed by atoms with Crippen LogP contribution >= 0.6 is 0 Å². The van der Waals surface area contributed by atoms with E-state index in [9.17, 15) is 13.2 Å². The van der Waals surface area contributed by atoms with Gasteiger partial charge in [-0.3, -0.25) is 0 Å². The lowest BCUT2D eigenvalue weighted by atomic mass is 10.2. The molecule has 0 saturated carbocycles. The fourth-order valence-electron chi connectivity index (χ4n) is 1.16. The molecule has 84 valence electrons. The quantitative estimate of drug-likeness (QED) is 0.778. The van der Waals surface area contributed by atoms with E-state index in [4.69, 9.17) is 4.74 Å². The molecule has 1 aromatic carbocycles. The average Bonchev–Trinajstić information content (AvgIpc) is 2.08. The Balaban J connectivity index is 3.00. The van der Waals surface area contributed by atoms with Gasteiger partial charge in [0.1, 0.15) is 0 Å². The molecule has 5 heteroatoms. The van der Waals surface area contributed by atoms with E-state index < -0.39 is 6.36 Å². The number of rotatable bonds is 3. The average molecular weight is 220 g/mol. The first kappa shape index (κ1) is 11.7. The van der Waals surface area contributed by atoms with Crippen LogP contribution in [0.1, 0.15) is 12.5 Å². The third kappa shape index (κ3) is 3.34. The molecule has 0 fully saturated rings. The van der Waals surface area contributed by atoms with E-state index in [0.29, 0.717) is 12.2 Å². The van der Waals surface area contributed by atoms with E-state index >= 15 is 0 Å². The Morgan fingerprint density at radius 1 is 1.27 bits per heavy atom. The summed E-state index contributed by atoms with van der Waals surface area (Å²) in [7, 11) is 0. The maximum Gasteiger partial charge on any atom is 0.573 e. The molecule has 0 saturated heterocycles. The molecule has 0 heterocycles. The molecular formula is C10H11F3O2. The molecule has 0 spiro atoms. The molecule has 0 amide bonds. The lowest BCUT2D eigenvalue weighted by Crippen LogP contribution is -2.18. The highest BCUT2D eigenvalue weighted by molar-refractivity contribution is 5.45. The van der Waals surface area contributed by atoms with Gasteiger partial charge in [-0.05, 0) is 25.5 Å². The van der Waals surface area contributed by atoms with Gasteiger partial charge in [-0.2, -0.15) is 0 Å². The highest BCUT2D eigenvalue weighted by atomic mass is 19.4. The van der Waals surface area contributed by atoms with Gasteiger partial charge < -0.3 is 9.47 Å². The van der Waals surface area contributed by atoms with Crippen molar-refractivity contribution in [1.82, 2.24) is 0 Å². The monoisotopic (exact) mass is 220 g/mol. The minimum absolute atomic E-state index is 0.136. The van der Waals surface area contributed by atoms with Gasteiger partial charge in [-0.1, -0.05) is 12.1 Å². The van der Waals surface area contributed by atoms with Crippen molar-refractivity contribution in [3.8, 4) is 11.5 Å². The molecular weight excluding hydrogens is 209 g/mol. The Morgan fingerprint density at radius 2 is 1.93 bits per heavy atom. The topological polar surface area (TPSA) is 18.5 Å². The molecule has 1 rings (SSSR count). The first-order chi connectivity index (χ1) is 6.94. The van der Waals surface area contributed by atoms with E-state index in [0.717, 1.165) is 0 Å². The van der Waals surface area contributed by atoms with Crippen molar-refractivity contribution < 1.29 is 22.6 Å². The Bertz CT molecular complexity index is 334. The Hall–Kier alpha value is -1.39. The summed E-state index contributed by atoms with van der Waals surface area (Å²) in [4.78, 5) is 0. The molecule has 0 aliphatic heterocycles. The predicted molar refractivity (Wildman–Crippen MR) is 49.0 cm³/mol. The fourth-order valence-corrected chi connectivity index (χ4v) is 1.16. The molecule has 0 N–H and O–H groups in total. The number of para-hydroxylation sites is 1. The molecule has 0 bridgehead atoms. The molecule has 0 aliphatic rings. The number of benzene rings is 1. The smallest absolute Gasteiger partial charge is 0.490 e. The second kappa shape index (κ2) is 4.42. The molecule has 1 aromatic rings. The second-order valence-electron chi connectivity index (χ2n) is 2.88. The van der Waals surface area contributed by atoms with Crippen LogP contribution in [0.4, 0.5) is 13.2 Å². The normalized spacial score (nSPS) is 11.3.